The molecule has 0 aliphatic heterocycles. The summed E-state index contributed by atoms with van der Waals surface area (Å²) >= 11 is 0. The van der Waals surface area contributed by atoms with Gasteiger partial charge in [-0.2, -0.15) is 0 Å². The fourth-order valence-corrected chi connectivity index (χ4v) is 2.09. The van der Waals surface area contributed by atoms with Crippen molar-refractivity contribution >= 4 is 9.24 Å². The topological polar surface area (TPSA) is 286 Å². The maximum absolute atomic E-state index is 6.01. The van der Waals surface area contributed by atoms with Gasteiger partial charge in [0.2, 0.25) is 0 Å². The molecule has 11 nitrogen and oxygen atoms in total. The molecule has 22 N–H and O–H groups in total. The predicted molar refractivity (Wildman–Crippen MR) is 80.7 cm³/mol. The Morgan fingerprint density at radius 1 is 0.500 bits per heavy atom. The minimum absolute atomic E-state index is 0.215. The lowest BCUT2D eigenvalue weighted by Gasteiger charge is -2.49. The van der Waals surface area contributed by atoms with Crippen LogP contribution in [0.25, 0.3) is 0 Å². The van der Waals surface area contributed by atoms with Gasteiger partial charge in [-0.1, -0.05) is 0 Å². The van der Waals surface area contributed by atoms with Crippen LogP contribution >= 0.6 is 9.24 Å². The molecule has 116 valence electrons. The lowest BCUT2D eigenvalue weighted by molar-refractivity contribution is 0.281. The van der Waals surface area contributed by atoms with E-state index in [1.807, 2.05) is 0 Å². The molecule has 20 heavy (non-hydrogen) atoms. The minimum Gasteiger partial charge on any atom is -0.399 e. The van der Waals surface area contributed by atoms with Gasteiger partial charge in [0.25, 0.3) is 0 Å². The highest BCUT2D eigenvalue weighted by molar-refractivity contribution is 7.19. The zero-order valence-corrected chi connectivity index (χ0v) is 12.1. The van der Waals surface area contributed by atoms with Crippen molar-refractivity contribution in [3.05, 3.63) is 22.8 Å². The largest absolute Gasteiger partial charge is 0.399 e. The van der Waals surface area contributed by atoms with Gasteiger partial charge < -0.3 is 63.1 Å². The Morgan fingerprint density at radius 2 is 0.750 bits per heavy atom. The Labute approximate surface area is 118 Å². The highest BCUT2D eigenvalue weighted by Crippen LogP contribution is 2.36. The summed E-state index contributed by atoms with van der Waals surface area (Å²) in [4.78, 5) is 0. The van der Waals surface area contributed by atoms with E-state index in [1.165, 1.54) is 0 Å². The molecule has 2 atom stereocenters. The third kappa shape index (κ3) is 1.77. The molecule has 0 bridgehead atoms. The van der Waals surface area contributed by atoms with Crippen LogP contribution in [0.4, 0.5) is 0 Å². The maximum atomic E-state index is 6.01. The molecule has 0 heterocycles. The van der Waals surface area contributed by atoms with Crippen LogP contribution in [-0.2, 0) is 0 Å². The Kier molecular flexibility index (Phi) is 3.51. The molecule has 0 aromatic rings. The van der Waals surface area contributed by atoms with Crippen LogP contribution in [0.2, 0.25) is 0 Å². The summed E-state index contributed by atoms with van der Waals surface area (Å²) in [6, 6.07) is 0. The third-order valence-electron chi connectivity index (χ3n) is 3.73. The van der Waals surface area contributed by atoms with Gasteiger partial charge in [0, 0.05) is 0 Å². The van der Waals surface area contributed by atoms with Crippen LogP contribution in [-0.4, -0.2) is 22.3 Å². The van der Waals surface area contributed by atoms with Crippen molar-refractivity contribution < 1.29 is 0 Å². The van der Waals surface area contributed by atoms with Crippen molar-refractivity contribution in [1.29, 1.82) is 0 Å². The standard InChI is InChI=1S/C8H24N11P/c9-1-2(10)7(17,18)8(19,20)4(12)3(11)6(15,16)5(1,13)14/h9-20H2. The number of rotatable bonds is 0. The van der Waals surface area contributed by atoms with E-state index in [4.69, 9.17) is 63.1 Å². The van der Waals surface area contributed by atoms with Gasteiger partial charge in [-0.3, -0.25) is 0 Å². The highest BCUT2D eigenvalue weighted by Gasteiger charge is 2.55. The lowest BCUT2D eigenvalue weighted by Crippen LogP contribution is -2.83. The fraction of sp³-hybridized carbons (Fsp3) is 0.500. The smallest absolute Gasteiger partial charge is 0.144 e. The van der Waals surface area contributed by atoms with E-state index >= 15 is 0 Å². The Morgan fingerprint density at radius 3 is 1.10 bits per heavy atom. The molecule has 0 aromatic carbocycles. The molecule has 0 spiro atoms. The SMILES string of the molecule is NC1=C(N)C(N)(N)C(N)(P)C(N)=C(N)C(N)(N)C1(N)N. The molecular weight excluding hydrogens is 281 g/mol. The van der Waals surface area contributed by atoms with E-state index in [0.29, 0.717) is 0 Å². The van der Waals surface area contributed by atoms with Crippen molar-refractivity contribution in [3.63, 3.8) is 0 Å². The summed E-state index contributed by atoms with van der Waals surface area (Å²) in [6.07, 6.45) is 0. The quantitative estimate of drug-likeness (QED) is 0.148. The molecule has 12 heteroatoms. The van der Waals surface area contributed by atoms with E-state index < -0.39 is 22.3 Å². The van der Waals surface area contributed by atoms with Crippen LogP contribution < -0.4 is 63.1 Å². The molecule has 1 rings (SSSR count). The van der Waals surface area contributed by atoms with Crippen molar-refractivity contribution in [3.8, 4) is 0 Å². The summed E-state index contributed by atoms with van der Waals surface area (Å²) in [5.41, 5.74) is 57.5. The molecular formula is C8H24N11P. The van der Waals surface area contributed by atoms with Gasteiger partial charge >= 0.3 is 0 Å². The first-order valence-corrected chi connectivity index (χ1v) is 6.04. The Hall–Kier alpha value is -1.17. The van der Waals surface area contributed by atoms with Crippen molar-refractivity contribution in [1.82, 2.24) is 0 Å². The van der Waals surface area contributed by atoms with Gasteiger partial charge in [0.15, 0.2) is 0 Å². The van der Waals surface area contributed by atoms with Crippen LogP contribution in [0.1, 0.15) is 0 Å². The third-order valence-corrected chi connectivity index (χ3v) is 4.52. The second-order valence-electron chi connectivity index (χ2n) is 5.13. The van der Waals surface area contributed by atoms with Gasteiger partial charge in [-0.05, 0) is 0 Å². The maximum Gasteiger partial charge on any atom is 0.144 e. The summed E-state index contributed by atoms with van der Waals surface area (Å²) in [5, 5.41) is -1.67. The number of nitrogens with two attached hydrogens (primary N) is 11. The average molecular weight is 305 g/mol. The van der Waals surface area contributed by atoms with Crippen molar-refractivity contribution in [2.24, 2.45) is 63.1 Å². The molecule has 1 aliphatic carbocycles. The van der Waals surface area contributed by atoms with Gasteiger partial charge in [0.1, 0.15) is 22.3 Å². The molecule has 1 aliphatic rings. The van der Waals surface area contributed by atoms with Crippen LogP contribution in [0.5, 0.6) is 0 Å². The summed E-state index contributed by atoms with van der Waals surface area (Å²) in [7, 11) is 2.14. The molecule has 0 aromatic heterocycles. The Balaban J connectivity index is 3.87. The van der Waals surface area contributed by atoms with E-state index in [0.717, 1.165) is 0 Å². The lowest BCUT2D eigenvalue weighted by atomic mass is 9.79. The first-order chi connectivity index (χ1) is 8.63. The molecule has 0 amide bonds. The van der Waals surface area contributed by atoms with Gasteiger partial charge in [0.05, 0.1) is 22.8 Å². The molecule has 0 saturated carbocycles. The second kappa shape index (κ2) is 4.16. The van der Waals surface area contributed by atoms with Crippen LogP contribution in [0, 0.1) is 0 Å². The Bertz CT molecular complexity index is 411. The average Bonchev–Trinajstić information content (AvgIpc) is 2.33. The summed E-state index contributed by atoms with van der Waals surface area (Å²) < 4.78 is 0. The minimum atomic E-state index is -2.04. The van der Waals surface area contributed by atoms with Gasteiger partial charge in [-0.25, -0.2) is 0 Å². The second-order valence-corrected chi connectivity index (χ2v) is 6.04. The highest BCUT2D eigenvalue weighted by atomic mass is 31.0. The zero-order chi connectivity index (χ0) is 16.3. The summed E-state index contributed by atoms with van der Waals surface area (Å²) in [6.45, 7) is 0. The summed E-state index contributed by atoms with van der Waals surface area (Å²) in [5.74, 6) is 0. The predicted octanol–water partition coefficient (Wildman–Crippen LogP) is -6.37. The molecule has 0 fully saturated rings. The first kappa shape index (κ1) is 16.9. The normalized spacial score (nSPS) is 32.8. The van der Waals surface area contributed by atoms with E-state index in [9.17, 15) is 0 Å². The molecule has 0 saturated heterocycles. The van der Waals surface area contributed by atoms with E-state index in [2.05, 4.69) is 9.24 Å². The number of hydrogen-bond acceptors (Lipinski definition) is 11. The van der Waals surface area contributed by atoms with Crippen molar-refractivity contribution in [2.45, 2.75) is 22.3 Å². The van der Waals surface area contributed by atoms with Crippen LogP contribution in [0.15, 0.2) is 22.8 Å². The van der Waals surface area contributed by atoms with Crippen molar-refractivity contribution in [2.75, 3.05) is 0 Å². The molecule has 0 radical (unpaired) electrons. The zero-order valence-electron chi connectivity index (χ0n) is 10.9. The fourth-order valence-electron chi connectivity index (χ4n) is 1.78. The number of hydrogen-bond donors (Lipinski definition) is 11. The van der Waals surface area contributed by atoms with Crippen LogP contribution in [0.3, 0.4) is 0 Å². The first-order valence-electron chi connectivity index (χ1n) is 5.46. The monoisotopic (exact) mass is 305 g/mol. The van der Waals surface area contributed by atoms with Gasteiger partial charge in [-0.15, -0.1) is 9.24 Å². The molecule has 2 unspecified atom stereocenters. The van der Waals surface area contributed by atoms with E-state index in [1.54, 1.807) is 0 Å². The van der Waals surface area contributed by atoms with E-state index in [-0.39, 0.29) is 22.8 Å².